The van der Waals surface area contributed by atoms with Crippen LogP contribution in [0.1, 0.15) is 36.2 Å². The summed E-state index contributed by atoms with van der Waals surface area (Å²) < 4.78 is 0. The summed E-state index contributed by atoms with van der Waals surface area (Å²) in [5.74, 6) is -0.962. The second-order valence-corrected chi connectivity index (χ2v) is 9.30. The molecular weight excluding hydrogens is 458 g/mol. The lowest BCUT2D eigenvalue weighted by Crippen LogP contribution is -2.38. The molecule has 3 aromatic carbocycles. The number of anilines is 1. The molecule has 0 saturated heterocycles. The zero-order chi connectivity index (χ0) is 24.7. The lowest BCUT2D eigenvalue weighted by molar-refractivity contribution is -0.129. The highest BCUT2D eigenvalue weighted by Gasteiger charge is 2.37. The zero-order valence-electron chi connectivity index (χ0n) is 19.6. The number of aliphatic carboxylic acids is 1. The Balaban J connectivity index is 1.81. The smallest absolute Gasteiger partial charge is 0.360 e. The van der Waals surface area contributed by atoms with Gasteiger partial charge in [-0.25, -0.2) is 9.78 Å². The molecule has 0 unspecified atom stereocenters. The highest BCUT2D eigenvalue weighted by atomic mass is 32.1. The van der Waals surface area contributed by atoms with Gasteiger partial charge < -0.3 is 15.3 Å². The second-order valence-electron chi connectivity index (χ2n) is 8.45. The van der Waals surface area contributed by atoms with Crippen molar-refractivity contribution in [3.63, 3.8) is 0 Å². The Bertz CT molecular complexity index is 1180. The molecule has 4 aromatic rings. The van der Waals surface area contributed by atoms with Crippen molar-refractivity contribution < 1.29 is 14.7 Å². The number of oxime groups is 1. The summed E-state index contributed by atoms with van der Waals surface area (Å²) in [4.78, 5) is 21.7. The van der Waals surface area contributed by atoms with Gasteiger partial charge in [-0.15, -0.1) is 11.3 Å². The van der Waals surface area contributed by atoms with Crippen LogP contribution in [-0.2, 0) is 15.2 Å². The van der Waals surface area contributed by atoms with E-state index in [0.29, 0.717) is 11.7 Å². The number of carboxylic acids is 1. The van der Waals surface area contributed by atoms with E-state index in [4.69, 9.17) is 4.84 Å². The largest absolute Gasteiger partial charge is 0.476 e. The minimum Gasteiger partial charge on any atom is -0.476 e. The van der Waals surface area contributed by atoms with Gasteiger partial charge in [0.1, 0.15) is 17.8 Å². The summed E-state index contributed by atoms with van der Waals surface area (Å²) in [6.07, 6.45) is 0. The first kappa shape index (κ1) is 24.2. The number of rotatable bonds is 10. The monoisotopic (exact) mass is 485 g/mol. The first-order chi connectivity index (χ1) is 17.0. The third-order valence-electron chi connectivity index (χ3n) is 5.43. The number of thiazole rings is 1. The average molecular weight is 486 g/mol. The first-order valence-electron chi connectivity index (χ1n) is 11.3. The van der Waals surface area contributed by atoms with Crippen LogP contribution in [0.3, 0.4) is 0 Å². The van der Waals surface area contributed by atoms with Crippen LogP contribution in [0.25, 0.3) is 0 Å². The van der Waals surface area contributed by atoms with Crippen molar-refractivity contribution >= 4 is 28.1 Å². The predicted octanol–water partition coefficient (Wildman–Crippen LogP) is 6.01. The maximum Gasteiger partial charge on any atom is 0.360 e. The van der Waals surface area contributed by atoms with E-state index in [0.717, 1.165) is 16.7 Å². The van der Waals surface area contributed by atoms with Crippen molar-refractivity contribution in [2.45, 2.75) is 19.4 Å². The van der Waals surface area contributed by atoms with Gasteiger partial charge in [-0.05, 0) is 22.6 Å². The van der Waals surface area contributed by atoms with Crippen molar-refractivity contribution in [1.29, 1.82) is 0 Å². The van der Waals surface area contributed by atoms with Crippen LogP contribution >= 0.6 is 11.3 Å². The Kier molecular flexibility index (Phi) is 7.57. The van der Waals surface area contributed by atoms with Crippen LogP contribution in [0.15, 0.2) is 102 Å². The number of hydrogen-bond donors (Lipinski definition) is 2. The Hall–Kier alpha value is -3.97. The summed E-state index contributed by atoms with van der Waals surface area (Å²) in [6, 6.07) is 30.4. The number of nitrogens with one attached hydrogen (secondary N) is 1. The van der Waals surface area contributed by atoms with Gasteiger partial charge >= 0.3 is 5.97 Å². The molecule has 4 rings (SSSR count). The Morgan fingerprint density at radius 2 is 1.43 bits per heavy atom. The lowest BCUT2D eigenvalue weighted by Gasteiger charge is -2.36. The van der Waals surface area contributed by atoms with Gasteiger partial charge in [0.15, 0.2) is 5.13 Å². The molecule has 0 saturated carbocycles. The Labute approximate surface area is 208 Å². The van der Waals surface area contributed by atoms with Crippen LogP contribution in [0, 0.1) is 5.92 Å². The molecule has 0 aliphatic carbocycles. The topological polar surface area (TPSA) is 83.8 Å². The molecule has 0 bridgehead atoms. The molecule has 178 valence electrons. The van der Waals surface area contributed by atoms with Crippen molar-refractivity contribution in [1.82, 2.24) is 4.98 Å². The summed E-state index contributed by atoms with van der Waals surface area (Å²) >= 11 is 1.32. The third-order valence-corrected chi connectivity index (χ3v) is 6.19. The van der Waals surface area contributed by atoms with E-state index in [1.165, 1.54) is 11.3 Å². The first-order valence-corrected chi connectivity index (χ1v) is 12.2. The van der Waals surface area contributed by atoms with Crippen LogP contribution < -0.4 is 5.32 Å². The van der Waals surface area contributed by atoms with Gasteiger partial charge in [-0.2, -0.15) is 0 Å². The number of carbonyl (C=O) groups is 1. The van der Waals surface area contributed by atoms with Crippen LogP contribution in [0.4, 0.5) is 5.13 Å². The van der Waals surface area contributed by atoms with Crippen molar-refractivity contribution in [2.75, 3.05) is 11.9 Å². The maximum absolute atomic E-state index is 11.9. The van der Waals surface area contributed by atoms with Crippen LogP contribution in [0.5, 0.6) is 0 Å². The highest BCUT2D eigenvalue weighted by Crippen LogP contribution is 2.40. The molecule has 1 heterocycles. The van der Waals surface area contributed by atoms with E-state index in [1.54, 1.807) is 5.38 Å². The predicted molar refractivity (Wildman–Crippen MR) is 140 cm³/mol. The molecule has 0 radical (unpaired) electrons. The highest BCUT2D eigenvalue weighted by molar-refractivity contribution is 7.14. The molecule has 2 N–H and O–H groups in total. The van der Waals surface area contributed by atoms with Crippen molar-refractivity contribution in [3.8, 4) is 0 Å². The van der Waals surface area contributed by atoms with Crippen molar-refractivity contribution in [3.05, 3.63) is 119 Å². The summed E-state index contributed by atoms with van der Waals surface area (Å²) in [6.45, 7) is 4.26. The van der Waals surface area contributed by atoms with E-state index >= 15 is 0 Å². The van der Waals surface area contributed by atoms with Gasteiger partial charge in [0.2, 0.25) is 5.71 Å². The molecule has 6 nitrogen and oxygen atoms in total. The number of nitrogens with zero attached hydrogens (tertiary/aromatic N) is 2. The molecule has 7 heteroatoms. The maximum atomic E-state index is 11.9. The number of aromatic nitrogens is 1. The van der Waals surface area contributed by atoms with Gasteiger partial charge in [-0.1, -0.05) is 110 Å². The van der Waals surface area contributed by atoms with E-state index < -0.39 is 11.5 Å². The quantitative estimate of drug-likeness (QED) is 0.163. The van der Waals surface area contributed by atoms with Gasteiger partial charge in [0, 0.05) is 5.38 Å². The molecule has 35 heavy (non-hydrogen) atoms. The third kappa shape index (κ3) is 5.41. The molecule has 0 atom stereocenters. The summed E-state index contributed by atoms with van der Waals surface area (Å²) in [7, 11) is 0. The van der Waals surface area contributed by atoms with E-state index in [-0.39, 0.29) is 17.3 Å². The average Bonchev–Trinajstić information content (AvgIpc) is 3.34. The van der Waals surface area contributed by atoms with Crippen LogP contribution in [0.2, 0.25) is 0 Å². The molecule has 0 fully saturated rings. The fourth-order valence-electron chi connectivity index (χ4n) is 3.83. The van der Waals surface area contributed by atoms with Gasteiger partial charge in [0.05, 0.1) is 0 Å². The minimum absolute atomic E-state index is 0.223. The van der Waals surface area contributed by atoms with Crippen LogP contribution in [-0.4, -0.2) is 28.4 Å². The van der Waals surface area contributed by atoms with E-state index in [1.807, 2.05) is 68.4 Å². The van der Waals surface area contributed by atoms with E-state index in [2.05, 4.69) is 51.9 Å². The standard InChI is InChI=1S/C28H27N3O3S/c1-20(2)18-34-31-25(26(32)33)24-19-35-27(29-24)30-28(21-12-6-3-7-13-21,22-14-8-4-9-15-22)23-16-10-5-11-17-23/h3-17,19-20H,18H2,1-2H3,(H,29,30)(H,32,33)/b31-25-. The number of benzene rings is 3. The van der Waals surface area contributed by atoms with Crippen molar-refractivity contribution in [2.24, 2.45) is 11.1 Å². The summed E-state index contributed by atoms with van der Waals surface area (Å²) in [5.41, 5.74) is 2.36. The number of carboxylic acid groups (broad SMARTS) is 1. The molecular formula is C28H27N3O3S. The minimum atomic E-state index is -1.19. The Morgan fingerprint density at radius 1 is 0.943 bits per heavy atom. The second kappa shape index (κ2) is 11.0. The normalized spacial score (nSPS) is 11.9. The lowest BCUT2D eigenvalue weighted by atomic mass is 9.77. The SMILES string of the molecule is CC(C)CO/N=C(\C(=O)O)c1csc(NC(c2ccccc2)(c2ccccc2)c2ccccc2)n1. The summed E-state index contributed by atoms with van der Waals surface area (Å²) in [5, 5.41) is 19.4. The zero-order valence-corrected chi connectivity index (χ0v) is 20.4. The number of hydrogen-bond acceptors (Lipinski definition) is 6. The van der Waals surface area contributed by atoms with E-state index in [9.17, 15) is 9.90 Å². The Morgan fingerprint density at radius 3 is 1.86 bits per heavy atom. The molecule has 0 aliphatic rings. The van der Waals surface area contributed by atoms with Gasteiger partial charge in [0.25, 0.3) is 0 Å². The van der Waals surface area contributed by atoms with Gasteiger partial charge in [-0.3, -0.25) is 0 Å². The molecule has 1 aromatic heterocycles. The fourth-order valence-corrected chi connectivity index (χ4v) is 4.58. The molecule has 0 aliphatic heterocycles. The molecule has 0 amide bonds. The molecule has 0 spiro atoms. The fraction of sp³-hybridized carbons (Fsp3) is 0.179.